The van der Waals surface area contributed by atoms with E-state index in [1.54, 1.807) is 31.4 Å². The van der Waals surface area contributed by atoms with Crippen molar-refractivity contribution in [3.8, 4) is 11.5 Å². The highest BCUT2D eigenvalue weighted by molar-refractivity contribution is 8.00. The fourth-order valence-electron chi connectivity index (χ4n) is 2.14. The maximum Gasteiger partial charge on any atom is 0.277 e. The molecule has 0 radical (unpaired) electrons. The standard InChI is InChI=1S/C17H16ClN3O3S/c1-9-4-5-12(18)8-14(9)19-15(22)11(3)25-17-21-20-16(24-17)13-6-7-23-10(13)2/h4-8,11H,1-3H3,(H,19,22). The molecule has 0 aliphatic rings. The molecule has 0 aliphatic heterocycles. The average Bonchev–Trinajstić information content (AvgIpc) is 3.19. The van der Waals surface area contributed by atoms with Crippen LogP contribution in [0.25, 0.3) is 11.5 Å². The number of benzene rings is 1. The minimum Gasteiger partial charge on any atom is -0.469 e. The van der Waals surface area contributed by atoms with E-state index in [9.17, 15) is 4.79 Å². The molecule has 25 heavy (non-hydrogen) atoms. The number of thioether (sulfide) groups is 1. The highest BCUT2D eigenvalue weighted by atomic mass is 35.5. The van der Waals surface area contributed by atoms with Crippen molar-refractivity contribution in [3.63, 3.8) is 0 Å². The molecule has 0 spiro atoms. The summed E-state index contributed by atoms with van der Waals surface area (Å²) in [5.41, 5.74) is 2.36. The maximum atomic E-state index is 12.4. The number of furan rings is 1. The van der Waals surface area contributed by atoms with Gasteiger partial charge in [-0.15, -0.1) is 10.2 Å². The van der Waals surface area contributed by atoms with Crippen molar-refractivity contribution in [1.82, 2.24) is 10.2 Å². The molecule has 0 saturated heterocycles. The van der Waals surface area contributed by atoms with Crippen LogP contribution >= 0.6 is 23.4 Å². The summed E-state index contributed by atoms with van der Waals surface area (Å²) in [7, 11) is 0. The van der Waals surface area contributed by atoms with Crippen molar-refractivity contribution >= 4 is 35.0 Å². The summed E-state index contributed by atoms with van der Waals surface area (Å²) in [5.74, 6) is 0.893. The second-order valence-electron chi connectivity index (χ2n) is 5.47. The van der Waals surface area contributed by atoms with Crippen molar-refractivity contribution in [2.24, 2.45) is 0 Å². The van der Waals surface area contributed by atoms with Crippen molar-refractivity contribution in [1.29, 1.82) is 0 Å². The van der Waals surface area contributed by atoms with Crippen LogP contribution in [0.1, 0.15) is 18.2 Å². The molecule has 0 aliphatic carbocycles. The lowest BCUT2D eigenvalue weighted by atomic mass is 10.2. The molecule has 2 aromatic heterocycles. The molecule has 0 bridgehead atoms. The molecule has 3 rings (SSSR count). The number of carbonyl (C=O) groups is 1. The number of hydrogen-bond donors (Lipinski definition) is 1. The van der Waals surface area contributed by atoms with Gasteiger partial charge in [-0.05, 0) is 44.5 Å². The van der Waals surface area contributed by atoms with E-state index >= 15 is 0 Å². The Morgan fingerprint density at radius 1 is 1.28 bits per heavy atom. The van der Waals surface area contributed by atoms with E-state index in [1.807, 2.05) is 19.9 Å². The first-order valence-corrected chi connectivity index (χ1v) is 8.81. The van der Waals surface area contributed by atoms with Crippen LogP contribution in [-0.4, -0.2) is 21.4 Å². The Balaban J connectivity index is 1.67. The predicted octanol–water partition coefficient (Wildman–Crippen LogP) is 4.72. The number of amides is 1. The fraction of sp³-hybridized carbons (Fsp3) is 0.235. The van der Waals surface area contributed by atoms with E-state index in [1.165, 1.54) is 11.8 Å². The summed E-state index contributed by atoms with van der Waals surface area (Å²) in [6.07, 6.45) is 1.56. The summed E-state index contributed by atoms with van der Waals surface area (Å²) in [5, 5.41) is 11.3. The van der Waals surface area contributed by atoms with Crippen molar-refractivity contribution in [3.05, 3.63) is 46.9 Å². The Labute approximate surface area is 154 Å². The van der Waals surface area contributed by atoms with Gasteiger partial charge in [0.05, 0.1) is 17.1 Å². The van der Waals surface area contributed by atoms with Crippen LogP contribution < -0.4 is 5.32 Å². The van der Waals surface area contributed by atoms with E-state index in [4.69, 9.17) is 20.4 Å². The second-order valence-corrected chi connectivity index (χ2v) is 7.20. The molecule has 3 aromatic rings. The zero-order valence-corrected chi connectivity index (χ0v) is 15.4. The molecule has 8 heteroatoms. The van der Waals surface area contributed by atoms with Crippen LogP contribution in [0.15, 0.2) is 44.6 Å². The third-order valence-corrected chi connectivity index (χ3v) is 4.77. The van der Waals surface area contributed by atoms with Crippen LogP contribution in [0.4, 0.5) is 5.69 Å². The number of aryl methyl sites for hydroxylation is 2. The third-order valence-electron chi connectivity index (χ3n) is 3.60. The molecular weight excluding hydrogens is 362 g/mol. The summed E-state index contributed by atoms with van der Waals surface area (Å²) in [4.78, 5) is 12.4. The number of aromatic nitrogens is 2. The first-order valence-electron chi connectivity index (χ1n) is 7.55. The molecule has 1 N–H and O–H groups in total. The van der Waals surface area contributed by atoms with Gasteiger partial charge in [0.25, 0.3) is 11.1 Å². The van der Waals surface area contributed by atoms with Crippen LogP contribution in [-0.2, 0) is 4.79 Å². The zero-order valence-electron chi connectivity index (χ0n) is 13.9. The molecule has 1 atom stereocenters. The number of halogens is 1. The topological polar surface area (TPSA) is 81.2 Å². The van der Waals surface area contributed by atoms with Crippen LogP contribution in [0, 0.1) is 13.8 Å². The summed E-state index contributed by atoms with van der Waals surface area (Å²) in [6.45, 7) is 5.49. The SMILES string of the molecule is Cc1ccc(Cl)cc1NC(=O)C(C)Sc1nnc(-c2ccoc2C)o1. The first-order chi connectivity index (χ1) is 11.9. The molecular formula is C17H16ClN3O3S. The zero-order chi connectivity index (χ0) is 18.0. The Kier molecular flexibility index (Phi) is 5.15. The van der Waals surface area contributed by atoms with Gasteiger partial charge in [-0.3, -0.25) is 4.79 Å². The van der Waals surface area contributed by atoms with Crippen molar-refractivity contribution in [2.75, 3.05) is 5.32 Å². The van der Waals surface area contributed by atoms with Crippen LogP contribution in [0.2, 0.25) is 5.02 Å². The Bertz CT molecular complexity index is 906. The lowest BCUT2D eigenvalue weighted by Crippen LogP contribution is -2.22. The van der Waals surface area contributed by atoms with Gasteiger partial charge in [0, 0.05) is 10.7 Å². The molecule has 2 heterocycles. The number of nitrogens with one attached hydrogen (secondary N) is 1. The van der Waals surface area contributed by atoms with Gasteiger partial charge < -0.3 is 14.2 Å². The molecule has 1 aromatic carbocycles. The Morgan fingerprint density at radius 2 is 2.08 bits per heavy atom. The Hall–Kier alpha value is -2.25. The minimum atomic E-state index is -0.419. The summed E-state index contributed by atoms with van der Waals surface area (Å²) in [6, 6.07) is 7.11. The number of rotatable bonds is 5. The molecule has 1 amide bonds. The van der Waals surface area contributed by atoms with Crippen LogP contribution in [0.3, 0.4) is 0 Å². The van der Waals surface area contributed by atoms with Gasteiger partial charge in [-0.2, -0.15) is 0 Å². The maximum absolute atomic E-state index is 12.4. The van der Waals surface area contributed by atoms with Gasteiger partial charge in [-0.25, -0.2) is 0 Å². The van der Waals surface area contributed by atoms with E-state index in [0.717, 1.165) is 11.1 Å². The molecule has 1 unspecified atom stereocenters. The van der Waals surface area contributed by atoms with Gasteiger partial charge in [0.15, 0.2) is 0 Å². The lowest BCUT2D eigenvalue weighted by molar-refractivity contribution is -0.115. The smallest absolute Gasteiger partial charge is 0.277 e. The molecule has 0 saturated carbocycles. The van der Waals surface area contributed by atoms with Gasteiger partial charge in [0.1, 0.15) is 5.76 Å². The van der Waals surface area contributed by atoms with Crippen molar-refractivity contribution < 1.29 is 13.6 Å². The molecule has 0 fully saturated rings. The molecule has 6 nitrogen and oxygen atoms in total. The monoisotopic (exact) mass is 377 g/mol. The van der Waals surface area contributed by atoms with E-state index in [0.29, 0.717) is 27.6 Å². The first kappa shape index (κ1) is 17.6. The van der Waals surface area contributed by atoms with Gasteiger partial charge in [0.2, 0.25) is 5.91 Å². The highest BCUT2D eigenvalue weighted by Gasteiger charge is 2.20. The second kappa shape index (κ2) is 7.33. The normalized spacial score (nSPS) is 12.2. The fourth-order valence-corrected chi connectivity index (χ4v) is 3.00. The predicted molar refractivity (Wildman–Crippen MR) is 96.9 cm³/mol. The summed E-state index contributed by atoms with van der Waals surface area (Å²) >= 11 is 7.17. The Morgan fingerprint density at radius 3 is 2.80 bits per heavy atom. The molecule has 130 valence electrons. The highest BCUT2D eigenvalue weighted by Crippen LogP contribution is 2.29. The number of carbonyl (C=O) groups excluding carboxylic acids is 1. The quantitative estimate of drug-likeness (QED) is 0.648. The van der Waals surface area contributed by atoms with Gasteiger partial charge >= 0.3 is 0 Å². The third kappa shape index (κ3) is 4.05. The number of nitrogens with zero attached hydrogens (tertiary/aromatic N) is 2. The van der Waals surface area contributed by atoms with E-state index in [2.05, 4.69) is 15.5 Å². The lowest BCUT2D eigenvalue weighted by Gasteiger charge is -2.12. The average molecular weight is 378 g/mol. The van der Waals surface area contributed by atoms with Gasteiger partial charge in [-0.1, -0.05) is 29.4 Å². The van der Waals surface area contributed by atoms with E-state index < -0.39 is 5.25 Å². The number of hydrogen-bond acceptors (Lipinski definition) is 6. The number of anilines is 1. The largest absolute Gasteiger partial charge is 0.469 e. The van der Waals surface area contributed by atoms with E-state index in [-0.39, 0.29) is 5.91 Å². The summed E-state index contributed by atoms with van der Waals surface area (Å²) < 4.78 is 10.8. The minimum absolute atomic E-state index is 0.172. The van der Waals surface area contributed by atoms with Crippen molar-refractivity contribution in [2.45, 2.75) is 31.2 Å². The van der Waals surface area contributed by atoms with Crippen LogP contribution in [0.5, 0.6) is 0 Å².